The maximum atomic E-state index is 5.71. The molecule has 0 unspecified atom stereocenters. The van der Waals surface area contributed by atoms with Crippen molar-refractivity contribution < 1.29 is 0 Å². The van der Waals surface area contributed by atoms with E-state index in [0.717, 1.165) is 39.5 Å². The van der Waals surface area contributed by atoms with Crippen LogP contribution in [0.5, 0.6) is 0 Å². The van der Waals surface area contributed by atoms with Crippen LogP contribution >= 0.6 is 0 Å². The van der Waals surface area contributed by atoms with Gasteiger partial charge < -0.3 is 5.73 Å². The Morgan fingerprint density at radius 1 is 0.615 bits per heavy atom. The quantitative estimate of drug-likeness (QED) is 0.601. The van der Waals surface area contributed by atoms with Gasteiger partial charge in [-0.3, -0.25) is 9.97 Å². The first-order valence-corrected chi connectivity index (χ1v) is 8.48. The van der Waals surface area contributed by atoms with Crippen molar-refractivity contribution in [2.24, 2.45) is 5.73 Å². The lowest BCUT2D eigenvalue weighted by molar-refractivity contribution is 1.07. The molecule has 4 aromatic rings. The van der Waals surface area contributed by atoms with Crippen LogP contribution in [-0.2, 0) is 6.54 Å². The van der Waals surface area contributed by atoms with E-state index >= 15 is 0 Å². The van der Waals surface area contributed by atoms with Crippen molar-refractivity contribution in [2.45, 2.75) is 6.54 Å². The average Bonchev–Trinajstić information content (AvgIpc) is 2.75. The van der Waals surface area contributed by atoms with Crippen molar-refractivity contribution in [2.75, 3.05) is 0 Å². The van der Waals surface area contributed by atoms with Gasteiger partial charge in [0, 0.05) is 18.9 Å². The Kier molecular flexibility index (Phi) is 4.50. The van der Waals surface area contributed by atoms with Crippen molar-refractivity contribution >= 4 is 0 Å². The third-order valence-corrected chi connectivity index (χ3v) is 4.20. The van der Waals surface area contributed by atoms with Gasteiger partial charge in [0.2, 0.25) is 0 Å². The maximum Gasteiger partial charge on any atom is 0.0900 e. The van der Waals surface area contributed by atoms with E-state index in [2.05, 4.69) is 46.4 Å². The summed E-state index contributed by atoms with van der Waals surface area (Å²) in [6, 6.07) is 24.1. The molecule has 0 atom stereocenters. The highest BCUT2D eigenvalue weighted by Gasteiger charge is 2.10. The number of benzene rings is 1. The molecule has 4 rings (SSSR count). The Labute approximate surface area is 152 Å². The summed E-state index contributed by atoms with van der Waals surface area (Å²) in [4.78, 5) is 13.7. The molecule has 126 valence electrons. The van der Waals surface area contributed by atoms with E-state index < -0.39 is 0 Å². The van der Waals surface area contributed by atoms with Crippen LogP contribution in [0.25, 0.3) is 33.9 Å². The Balaban J connectivity index is 1.87. The van der Waals surface area contributed by atoms with Crippen molar-refractivity contribution in [1.29, 1.82) is 0 Å². The van der Waals surface area contributed by atoms with E-state index in [1.807, 2.05) is 36.4 Å². The predicted molar refractivity (Wildman–Crippen MR) is 104 cm³/mol. The first-order chi connectivity index (χ1) is 12.8. The lowest BCUT2D eigenvalue weighted by atomic mass is 10.0. The van der Waals surface area contributed by atoms with E-state index in [-0.39, 0.29) is 0 Å². The van der Waals surface area contributed by atoms with Gasteiger partial charge in [0.05, 0.1) is 22.8 Å². The highest BCUT2D eigenvalue weighted by atomic mass is 14.8. The molecule has 4 nitrogen and oxygen atoms in total. The standard InChI is InChI=1S/C22H18N4/c23-15-16-7-9-17(10-8-16)18-13-21(19-5-1-3-11-24-19)26-22(14-18)20-6-2-4-12-25-20/h1-14H,15,23H2. The third-order valence-electron chi connectivity index (χ3n) is 4.20. The van der Waals surface area contributed by atoms with Crippen LogP contribution in [0.4, 0.5) is 0 Å². The van der Waals surface area contributed by atoms with Gasteiger partial charge in [-0.2, -0.15) is 0 Å². The number of hydrogen-bond acceptors (Lipinski definition) is 4. The molecule has 0 fully saturated rings. The summed E-state index contributed by atoms with van der Waals surface area (Å²) in [5.74, 6) is 0. The van der Waals surface area contributed by atoms with Crippen molar-refractivity contribution in [3.8, 4) is 33.9 Å². The molecule has 0 aliphatic carbocycles. The summed E-state index contributed by atoms with van der Waals surface area (Å²) in [5, 5.41) is 0. The lowest BCUT2D eigenvalue weighted by Gasteiger charge is -2.09. The molecule has 4 heteroatoms. The van der Waals surface area contributed by atoms with Crippen molar-refractivity contribution in [3.05, 3.63) is 90.8 Å². The molecule has 0 bridgehead atoms. The predicted octanol–water partition coefficient (Wildman–Crippen LogP) is 4.33. The van der Waals surface area contributed by atoms with Gasteiger partial charge in [0.15, 0.2) is 0 Å². The zero-order valence-electron chi connectivity index (χ0n) is 14.2. The van der Waals surface area contributed by atoms with E-state index in [4.69, 9.17) is 10.7 Å². The average molecular weight is 338 g/mol. The molecule has 2 N–H and O–H groups in total. The molecule has 3 heterocycles. The smallest absolute Gasteiger partial charge is 0.0900 e. The van der Waals surface area contributed by atoms with Crippen LogP contribution in [0.2, 0.25) is 0 Å². The van der Waals surface area contributed by atoms with Crippen LogP contribution in [0.3, 0.4) is 0 Å². The third kappa shape index (κ3) is 3.36. The number of nitrogens with two attached hydrogens (primary N) is 1. The lowest BCUT2D eigenvalue weighted by Crippen LogP contribution is -1.96. The van der Waals surface area contributed by atoms with E-state index in [1.165, 1.54) is 0 Å². The molecular formula is C22H18N4. The van der Waals surface area contributed by atoms with E-state index in [0.29, 0.717) is 6.54 Å². The highest BCUT2D eigenvalue weighted by molar-refractivity contribution is 5.74. The van der Waals surface area contributed by atoms with Crippen LogP contribution in [0.1, 0.15) is 5.56 Å². The molecule has 0 amide bonds. The molecule has 0 saturated carbocycles. The Hall–Kier alpha value is -3.37. The van der Waals surface area contributed by atoms with Gasteiger partial charge in [0.1, 0.15) is 0 Å². The van der Waals surface area contributed by atoms with Crippen molar-refractivity contribution in [1.82, 2.24) is 15.0 Å². The summed E-state index contributed by atoms with van der Waals surface area (Å²) in [7, 11) is 0. The number of aromatic nitrogens is 3. The fourth-order valence-electron chi connectivity index (χ4n) is 2.82. The largest absolute Gasteiger partial charge is 0.326 e. The summed E-state index contributed by atoms with van der Waals surface area (Å²) in [6.07, 6.45) is 3.56. The van der Waals surface area contributed by atoms with Crippen LogP contribution < -0.4 is 5.73 Å². The molecule has 0 aliphatic rings. The zero-order valence-corrected chi connectivity index (χ0v) is 14.2. The minimum absolute atomic E-state index is 0.537. The second-order valence-electron chi connectivity index (χ2n) is 5.96. The molecule has 0 spiro atoms. The first-order valence-electron chi connectivity index (χ1n) is 8.48. The Morgan fingerprint density at radius 3 is 1.65 bits per heavy atom. The van der Waals surface area contributed by atoms with Crippen LogP contribution in [0, 0.1) is 0 Å². The van der Waals surface area contributed by atoms with Crippen molar-refractivity contribution in [3.63, 3.8) is 0 Å². The minimum atomic E-state index is 0.537. The van der Waals surface area contributed by atoms with Gasteiger partial charge in [0.25, 0.3) is 0 Å². The van der Waals surface area contributed by atoms with Gasteiger partial charge in [-0.05, 0) is 53.1 Å². The van der Waals surface area contributed by atoms with Gasteiger partial charge >= 0.3 is 0 Å². The topological polar surface area (TPSA) is 64.7 Å². The minimum Gasteiger partial charge on any atom is -0.326 e. The summed E-state index contributed by atoms with van der Waals surface area (Å²) < 4.78 is 0. The first kappa shape index (κ1) is 16.1. The number of pyridine rings is 3. The van der Waals surface area contributed by atoms with Gasteiger partial charge in [-0.25, -0.2) is 4.98 Å². The fraction of sp³-hybridized carbons (Fsp3) is 0.0455. The molecule has 26 heavy (non-hydrogen) atoms. The molecule has 0 saturated heterocycles. The highest BCUT2D eigenvalue weighted by Crippen LogP contribution is 2.28. The Morgan fingerprint density at radius 2 is 1.19 bits per heavy atom. The second-order valence-corrected chi connectivity index (χ2v) is 5.96. The number of nitrogens with zero attached hydrogens (tertiary/aromatic N) is 3. The van der Waals surface area contributed by atoms with Crippen LogP contribution in [-0.4, -0.2) is 15.0 Å². The maximum absolute atomic E-state index is 5.71. The molecule has 0 radical (unpaired) electrons. The van der Waals surface area contributed by atoms with Crippen LogP contribution in [0.15, 0.2) is 85.2 Å². The van der Waals surface area contributed by atoms with Gasteiger partial charge in [-0.1, -0.05) is 36.4 Å². The SMILES string of the molecule is NCc1ccc(-c2cc(-c3ccccn3)nc(-c3ccccn3)c2)cc1. The monoisotopic (exact) mass is 338 g/mol. The molecule has 0 aliphatic heterocycles. The normalized spacial score (nSPS) is 10.7. The van der Waals surface area contributed by atoms with E-state index in [9.17, 15) is 0 Å². The molecular weight excluding hydrogens is 320 g/mol. The second kappa shape index (κ2) is 7.25. The summed E-state index contributed by atoms with van der Waals surface area (Å²) >= 11 is 0. The molecule has 1 aromatic carbocycles. The van der Waals surface area contributed by atoms with Gasteiger partial charge in [-0.15, -0.1) is 0 Å². The fourth-order valence-corrected chi connectivity index (χ4v) is 2.82. The summed E-state index contributed by atoms with van der Waals surface area (Å²) in [6.45, 7) is 0.537. The Bertz CT molecular complexity index is 939. The molecule has 3 aromatic heterocycles. The van der Waals surface area contributed by atoms with E-state index in [1.54, 1.807) is 12.4 Å². The number of rotatable bonds is 4. The zero-order chi connectivity index (χ0) is 17.8. The summed E-state index contributed by atoms with van der Waals surface area (Å²) in [5.41, 5.74) is 12.3. The number of hydrogen-bond donors (Lipinski definition) is 1.